The molecule has 3 rings (SSSR count). The monoisotopic (exact) mass is 245 g/mol. The number of hydrogen-bond acceptors (Lipinski definition) is 2. The second-order valence-corrected chi connectivity index (χ2v) is 5.57. The average molecular weight is 245 g/mol. The topological polar surface area (TPSA) is 21.3 Å². The van der Waals surface area contributed by atoms with Crippen LogP contribution >= 0.6 is 0 Å². The average Bonchev–Trinajstić information content (AvgIpc) is 2.76. The van der Waals surface area contributed by atoms with Crippen LogP contribution in [0.5, 0.6) is 5.75 Å². The van der Waals surface area contributed by atoms with E-state index < -0.39 is 0 Å². The lowest BCUT2D eigenvalue weighted by atomic mass is 9.82. The first kappa shape index (κ1) is 12.0. The zero-order valence-electron chi connectivity index (χ0n) is 11.3. The van der Waals surface area contributed by atoms with E-state index in [9.17, 15) is 0 Å². The Morgan fingerprint density at radius 3 is 3.11 bits per heavy atom. The van der Waals surface area contributed by atoms with Crippen molar-refractivity contribution in [3.05, 3.63) is 29.3 Å². The van der Waals surface area contributed by atoms with Crippen molar-refractivity contribution in [2.24, 2.45) is 0 Å². The minimum atomic E-state index is 0.145. The smallest absolute Gasteiger partial charge is 0.127 e. The number of nitrogens with one attached hydrogen (secondary N) is 1. The van der Waals surface area contributed by atoms with Crippen molar-refractivity contribution in [1.29, 1.82) is 0 Å². The Bertz CT molecular complexity index is 419. The Hall–Kier alpha value is -1.02. The molecule has 2 heterocycles. The SMILES string of the molecule is CCC1(c2cccc3c2OCC3)CCCCCN1. The minimum absolute atomic E-state index is 0.145. The molecule has 0 amide bonds. The van der Waals surface area contributed by atoms with Crippen molar-refractivity contribution in [3.63, 3.8) is 0 Å². The lowest BCUT2D eigenvalue weighted by Gasteiger charge is -2.34. The van der Waals surface area contributed by atoms with Gasteiger partial charge in [0, 0.05) is 17.5 Å². The Morgan fingerprint density at radius 1 is 1.28 bits per heavy atom. The molecule has 0 radical (unpaired) electrons. The van der Waals surface area contributed by atoms with Gasteiger partial charge < -0.3 is 10.1 Å². The van der Waals surface area contributed by atoms with E-state index in [2.05, 4.69) is 30.4 Å². The van der Waals surface area contributed by atoms with Crippen LogP contribution in [0.4, 0.5) is 0 Å². The van der Waals surface area contributed by atoms with Crippen LogP contribution in [0.15, 0.2) is 18.2 Å². The molecule has 0 spiro atoms. The van der Waals surface area contributed by atoms with Gasteiger partial charge in [-0.2, -0.15) is 0 Å². The van der Waals surface area contributed by atoms with E-state index in [-0.39, 0.29) is 5.54 Å². The maximum atomic E-state index is 5.91. The molecule has 0 aromatic heterocycles. The van der Waals surface area contributed by atoms with E-state index >= 15 is 0 Å². The van der Waals surface area contributed by atoms with Crippen molar-refractivity contribution in [3.8, 4) is 5.75 Å². The molecule has 2 aliphatic heterocycles. The van der Waals surface area contributed by atoms with Gasteiger partial charge >= 0.3 is 0 Å². The van der Waals surface area contributed by atoms with Gasteiger partial charge in [0.15, 0.2) is 0 Å². The summed E-state index contributed by atoms with van der Waals surface area (Å²) >= 11 is 0. The Morgan fingerprint density at radius 2 is 2.22 bits per heavy atom. The lowest BCUT2D eigenvalue weighted by Crippen LogP contribution is -2.41. The third-order valence-corrected chi connectivity index (χ3v) is 4.58. The van der Waals surface area contributed by atoms with E-state index in [1.807, 2.05) is 0 Å². The Balaban J connectivity index is 2.03. The summed E-state index contributed by atoms with van der Waals surface area (Å²) in [4.78, 5) is 0. The fourth-order valence-corrected chi connectivity index (χ4v) is 3.46. The normalized spacial score (nSPS) is 27.4. The first-order valence-electron chi connectivity index (χ1n) is 7.36. The van der Waals surface area contributed by atoms with Gasteiger partial charge in [-0.15, -0.1) is 0 Å². The summed E-state index contributed by atoms with van der Waals surface area (Å²) in [6, 6.07) is 6.69. The van der Waals surface area contributed by atoms with E-state index in [1.165, 1.54) is 42.6 Å². The maximum absolute atomic E-state index is 5.91. The quantitative estimate of drug-likeness (QED) is 0.862. The standard InChI is InChI=1S/C16H23NO/c1-2-16(10-4-3-5-11-17-16)14-8-6-7-13-9-12-18-15(13)14/h6-8,17H,2-5,9-12H2,1H3. The summed E-state index contributed by atoms with van der Waals surface area (Å²) in [6.45, 7) is 4.29. The van der Waals surface area contributed by atoms with Crippen LogP contribution in [-0.4, -0.2) is 13.2 Å². The first-order chi connectivity index (χ1) is 8.86. The number of rotatable bonds is 2. The van der Waals surface area contributed by atoms with Crippen LogP contribution in [0, 0.1) is 0 Å². The van der Waals surface area contributed by atoms with Gasteiger partial charge in [-0.25, -0.2) is 0 Å². The molecule has 0 aliphatic carbocycles. The van der Waals surface area contributed by atoms with E-state index in [0.717, 1.165) is 26.0 Å². The molecule has 2 nitrogen and oxygen atoms in total. The molecule has 2 aliphatic rings. The van der Waals surface area contributed by atoms with Gasteiger partial charge in [-0.3, -0.25) is 0 Å². The first-order valence-corrected chi connectivity index (χ1v) is 7.36. The highest BCUT2D eigenvalue weighted by Gasteiger charge is 2.35. The molecule has 1 N–H and O–H groups in total. The van der Waals surface area contributed by atoms with E-state index in [0.29, 0.717) is 0 Å². The fraction of sp³-hybridized carbons (Fsp3) is 0.625. The van der Waals surface area contributed by atoms with Gasteiger partial charge in [0.25, 0.3) is 0 Å². The van der Waals surface area contributed by atoms with Gasteiger partial charge in [0.1, 0.15) is 5.75 Å². The largest absolute Gasteiger partial charge is 0.493 e. The summed E-state index contributed by atoms with van der Waals surface area (Å²) in [5.74, 6) is 1.17. The van der Waals surface area contributed by atoms with Gasteiger partial charge in [-0.1, -0.05) is 38.0 Å². The van der Waals surface area contributed by atoms with Crippen molar-refractivity contribution in [2.75, 3.05) is 13.2 Å². The van der Waals surface area contributed by atoms with E-state index in [4.69, 9.17) is 4.74 Å². The van der Waals surface area contributed by atoms with Crippen LogP contribution in [0.25, 0.3) is 0 Å². The third-order valence-electron chi connectivity index (χ3n) is 4.58. The highest BCUT2D eigenvalue weighted by Crippen LogP contribution is 2.41. The molecule has 0 bridgehead atoms. The Labute approximate surface area is 110 Å². The van der Waals surface area contributed by atoms with Crippen molar-refractivity contribution in [1.82, 2.24) is 5.32 Å². The molecule has 1 unspecified atom stereocenters. The zero-order chi connectivity index (χ0) is 12.4. The molecular formula is C16H23NO. The molecule has 1 saturated heterocycles. The summed E-state index contributed by atoms with van der Waals surface area (Å²) in [5, 5.41) is 3.81. The zero-order valence-corrected chi connectivity index (χ0v) is 11.3. The highest BCUT2D eigenvalue weighted by molar-refractivity contribution is 5.47. The van der Waals surface area contributed by atoms with Crippen molar-refractivity contribution in [2.45, 2.75) is 51.0 Å². The number of fused-ring (bicyclic) bond motifs is 1. The molecule has 0 saturated carbocycles. The van der Waals surface area contributed by atoms with Crippen molar-refractivity contribution < 1.29 is 4.74 Å². The second kappa shape index (κ2) is 4.93. The molecular weight excluding hydrogens is 222 g/mol. The minimum Gasteiger partial charge on any atom is -0.493 e. The molecule has 18 heavy (non-hydrogen) atoms. The molecule has 1 atom stereocenters. The number of para-hydroxylation sites is 1. The van der Waals surface area contributed by atoms with Crippen molar-refractivity contribution >= 4 is 0 Å². The number of ether oxygens (including phenoxy) is 1. The number of benzene rings is 1. The fourth-order valence-electron chi connectivity index (χ4n) is 3.46. The number of hydrogen-bond donors (Lipinski definition) is 1. The van der Waals surface area contributed by atoms with Gasteiger partial charge in [0.2, 0.25) is 0 Å². The summed E-state index contributed by atoms with van der Waals surface area (Å²) in [5.41, 5.74) is 2.94. The lowest BCUT2D eigenvalue weighted by molar-refractivity contribution is 0.288. The molecule has 1 fully saturated rings. The van der Waals surface area contributed by atoms with Crippen LogP contribution in [0.3, 0.4) is 0 Å². The molecule has 1 aromatic rings. The van der Waals surface area contributed by atoms with E-state index in [1.54, 1.807) is 0 Å². The van der Waals surface area contributed by atoms with Crippen LogP contribution in [0.1, 0.15) is 50.2 Å². The second-order valence-electron chi connectivity index (χ2n) is 5.57. The highest BCUT2D eigenvalue weighted by atomic mass is 16.5. The predicted molar refractivity (Wildman–Crippen MR) is 74.1 cm³/mol. The molecule has 2 heteroatoms. The summed E-state index contributed by atoms with van der Waals surface area (Å²) in [6.07, 6.45) is 7.44. The third kappa shape index (κ3) is 1.93. The van der Waals surface area contributed by atoms with Crippen LogP contribution in [0.2, 0.25) is 0 Å². The van der Waals surface area contributed by atoms with Gasteiger partial charge in [-0.05, 0) is 31.4 Å². The maximum Gasteiger partial charge on any atom is 0.127 e. The van der Waals surface area contributed by atoms with Crippen LogP contribution in [-0.2, 0) is 12.0 Å². The summed E-state index contributed by atoms with van der Waals surface area (Å²) < 4.78 is 5.91. The van der Waals surface area contributed by atoms with Gasteiger partial charge in [0.05, 0.1) is 6.61 Å². The molecule has 1 aromatic carbocycles. The summed E-state index contributed by atoms with van der Waals surface area (Å²) in [7, 11) is 0. The Kier molecular flexibility index (Phi) is 3.29. The van der Waals surface area contributed by atoms with Crippen LogP contribution < -0.4 is 10.1 Å². The molecule has 98 valence electrons. The predicted octanol–water partition coefficient (Wildman–Crippen LogP) is 3.39.